The molecule has 3 nitrogen and oxygen atoms in total. The first kappa shape index (κ1) is 25.6. The molecule has 0 bridgehead atoms. The molecule has 0 spiro atoms. The molecule has 0 aromatic carbocycles. The minimum atomic E-state index is -6.82. The van der Waals surface area contributed by atoms with E-state index in [0.29, 0.717) is 6.42 Å². The Morgan fingerprint density at radius 2 is 1.04 bits per heavy atom. The van der Waals surface area contributed by atoms with E-state index in [0.717, 1.165) is 38.5 Å². The Bertz CT molecular complexity index is 408. The number of halogens is 9. The average molecular weight is 418 g/mol. The molecular formula is C15H23F9N2O. The quantitative estimate of drug-likeness (QED) is 0.339. The van der Waals surface area contributed by atoms with Crippen LogP contribution in [0.3, 0.4) is 0 Å². The molecule has 27 heavy (non-hydrogen) atoms. The molecule has 12 heteroatoms. The molecule has 0 atom stereocenters. The maximum absolute atomic E-state index is 12.7. The second kappa shape index (κ2) is 10.3. The van der Waals surface area contributed by atoms with E-state index in [1.165, 1.54) is 0 Å². The highest BCUT2D eigenvalue weighted by Crippen LogP contribution is 2.52. The maximum Gasteiger partial charge on any atom is 0.429 e. The second-order valence-corrected chi connectivity index (χ2v) is 6.10. The standard InChI is InChI=1S/C15H23F9N2O/c1-2-3-4-5-6-7-8-9-10-25-11(27)26-12(13(16,17)18,14(19,20)21)15(22,23)24/h2-10H2,1H3,(H2,25,26,27). The summed E-state index contributed by atoms with van der Waals surface area (Å²) in [4.78, 5) is 11.3. The predicted octanol–water partition coefficient (Wildman–Crippen LogP) is 5.85. The summed E-state index contributed by atoms with van der Waals surface area (Å²) in [6.07, 6.45) is -13.9. The fourth-order valence-corrected chi connectivity index (χ4v) is 2.37. The van der Waals surface area contributed by atoms with Crippen LogP contribution in [0.25, 0.3) is 0 Å². The van der Waals surface area contributed by atoms with Crippen LogP contribution in [0.2, 0.25) is 0 Å². The van der Waals surface area contributed by atoms with Gasteiger partial charge in [-0.2, -0.15) is 39.5 Å². The lowest BCUT2D eigenvalue weighted by atomic mass is 9.97. The monoisotopic (exact) mass is 418 g/mol. The fraction of sp³-hybridized carbons (Fsp3) is 0.933. The minimum Gasteiger partial charge on any atom is -0.338 e. The van der Waals surface area contributed by atoms with Crippen LogP contribution in [0.4, 0.5) is 44.3 Å². The van der Waals surface area contributed by atoms with Crippen molar-refractivity contribution in [3.05, 3.63) is 0 Å². The topological polar surface area (TPSA) is 41.1 Å². The van der Waals surface area contributed by atoms with E-state index < -0.39 is 30.1 Å². The molecule has 0 fully saturated rings. The zero-order valence-electron chi connectivity index (χ0n) is 14.7. The number of amides is 2. The van der Waals surface area contributed by atoms with E-state index in [4.69, 9.17) is 0 Å². The van der Waals surface area contributed by atoms with Crippen molar-refractivity contribution in [1.29, 1.82) is 0 Å². The molecule has 0 aliphatic heterocycles. The molecule has 2 amide bonds. The van der Waals surface area contributed by atoms with Gasteiger partial charge in [0.25, 0.3) is 0 Å². The summed E-state index contributed by atoms with van der Waals surface area (Å²) in [6.45, 7) is 1.70. The van der Waals surface area contributed by atoms with Gasteiger partial charge in [-0.05, 0) is 6.42 Å². The van der Waals surface area contributed by atoms with Crippen molar-refractivity contribution < 1.29 is 44.3 Å². The van der Waals surface area contributed by atoms with Gasteiger partial charge in [0.2, 0.25) is 0 Å². The highest BCUT2D eigenvalue weighted by Gasteiger charge is 2.84. The van der Waals surface area contributed by atoms with E-state index in [1.807, 2.05) is 6.92 Å². The molecule has 0 unspecified atom stereocenters. The zero-order chi connectivity index (χ0) is 21.4. The highest BCUT2D eigenvalue weighted by atomic mass is 19.4. The van der Waals surface area contributed by atoms with Crippen LogP contribution in [0.1, 0.15) is 58.3 Å². The Kier molecular flexibility index (Phi) is 9.74. The Hall–Kier alpha value is -1.36. The van der Waals surface area contributed by atoms with Gasteiger partial charge in [0, 0.05) is 6.54 Å². The van der Waals surface area contributed by atoms with Crippen molar-refractivity contribution in [2.24, 2.45) is 0 Å². The van der Waals surface area contributed by atoms with Gasteiger partial charge in [0.1, 0.15) is 0 Å². The Morgan fingerprint density at radius 3 is 1.41 bits per heavy atom. The lowest BCUT2D eigenvalue weighted by molar-refractivity contribution is -0.386. The first-order chi connectivity index (χ1) is 12.2. The van der Waals surface area contributed by atoms with Gasteiger partial charge in [-0.25, -0.2) is 4.79 Å². The third kappa shape index (κ3) is 7.28. The zero-order valence-corrected chi connectivity index (χ0v) is 14.7. The van der Waals surface area contributed by atoms with Crippen LogP contribution in [-0.2, 0) is 0 Å². The molecule has 0 saturated carbocycles. The average Bonchev–Trinajstić information content (AvgIpc) is 2.47. The summed E-state index contributed by atoms with van der Waals surface area (Å²) in [5.74, 6) is 0. The van der Waals surface area contributed by atoms with Crippen molar-refractivity contribution in [2.45, 2.75) is 82.4 Å². The third-order valence-electron chi connectivity index (χ3n) is 3.89. The molecule has 2 N–H and O–H groups in total. The number of nitrogens with one attached hydrogen (secondary N) is 2. The van der Waals surface area contributed by atoms with Crippen molar-refractivity contribution in [2.75, 3.05) is 6.54 Å². The van der Waals surface area contributed by atoms with Gasteiger partial charge in [-0.3, -0.25) is 0 Å². The second-order valence-electron chi connectivity index (χ2n) is 6.10. The summed E-state index contributed by atoms with van der Waals surface area (Å²) < 4.78 is 114. The fourth-order valence-electron chi connectivity index (χ4n) is 2.37. The summed E-state index contributed by atoms with van der Waals surface area (Å²) in [5.41, 5.74) is -6.34. The number of alkyl halides is 9. The van der Waals surface area contributed by atoms with Crippen LogP contribution in [0.5, 0.6) is 0 Å². The normalized spacial score (nSPS) is 13.6. The van der Waals surface area contributed by atoms with Crippen molar-refractivity contribution >= 4 is 6.03 Å². The van der Waals surface area contributed by atoms with E-state index in [-0.39, 0.29) is 18.3 Å². The predicted molar refractivity (Wildman–Crippen MR) is 80.0 cm³/mol. The third-order valence-corrected chi connectivity index (χ3v) is 3.89. The van der Waals surface area contributed by atoms with Crippen molar-refractivity contribution in [3.63, 3.8) is 0 Å². The number of carbonyl (C=O) groups excluding carboxylic acids is 1. The number of hydrogen-bond donors (Lipinski definition) is 2. The van der Waals surface area contributed by atoms with E-state index >= 15 is 0 Å². The van der Waals surface area contributed by atoms with Gasteiger partial charge < -0.3 is 10.6 Å². The van der Waals surface area contributed by atoms with Gasteiger partial charge in [0.05, 0.1) is 0 Å². The minimum absolute atomic E-state index is 0.0506. The van der Waals surface area contributed by atoms with E-state index in [2.05, 4.69) is 0 Å². The molecule has 0 aliphatic carbocycles. The van der Waals surface area contributed by atoms with Crippen LogP contribution in [0.15, 0.2) is 0 Å². The first-order valence-corrected chi connectivity index (χ1v) is 8.47. The summed E-state index contributed by atoms with van der Waals surface area (Å²) in [7, 11) is 0. The molecule has 162 valence electrons. The van der Waals surface area contributed by atoms with Gasteiger partial charge in [-0.1, -0.05) is 51.9 Å². The molecule has 0 aliphatic rings. The molecule has 0 radical (unpaired) electrons. The number of rotatable bonds is 10. The van der Waals surface area contributed by atoms with Crippen LogP contribution in [0, 0.1) is 0 Å². The summed E-state index contributed by atoms with van der Waals surface area (Å²) in [6, 6.07) is -2.19. The maximum atomic E-state index is 12.7. The Labute approximate surface area is 151 Å². The van der Waals surface area contributed by atoms with Crippen molar-refractivity contribution in [1.82, 2.24) is 10.6 Å². The smallest absolute Gasteiger partial charge is 0.338 e. The molecule has 0 saturated heterocycles. The number of carbonyl (C=O) groups is 1. The number of urea groups is 1. The number of unbranched alkanes of at least 4 members (excludes halogenated alkanes) is 7. The van der Waals surface area contributed by atoms with Gasteiger partial charge in [-0.15, -0.1) is 0 Å². The van der Waals surface area contributed by atoms with Crippen LogP contribution < -0.4 is 10.6 Å². The molecule has 0 rings (SSSR count). The van der Waals surface area contributed by atoms with E-state index in [1.54, 1.807) is 5.32 Å². The SMILES string of the molecule is CCCCCCCCCCNC(=O)NC(C(F)(F)F)(C(F)(F)F)C(F)(F)F. The summed E-state index contributed by atoms with van der Waals surface area (Å²) in [5, 5.41) is 1.67. The molecular weight excluding hydrogens is 395 g/mol. The van der Waals surface area contributed by atoms with Gasteiger partial charge >= 0.3 is 30.1 Å². The lowest BCUT2D eigenvalue weighted by Gasteiger charge is -2.38. The molecule has 0 aromatic rings. The molecule has 0 aromatic heterocycles. The largest absolute Gasteiger partial charge is 0.429 e. The highest BCUT2D eigenvalue weighted by molar-refractivity contribution is 5.75. The lowest BCUT2D eigenvalue weighted by Crippen LogP contribution is -2.76. The Balaban J connectivity index is 4.65. The van der Waals surface area contributed by atoms with Crippen molar-refractivity contribution in [3.8, 4) is 0 Å². The van der Waals surface area contributed by atoms with Gasteiger partial charge in [0.15, 0.2) is 0 Å². The number of hydrogen-bond acceptors (Lipinski definition) is 1. The molecule has 0 heterocycles. The van der Waals surface area contributed by atoms with Crippen LogP contribution in [-0.4, -0.2) is 36.6 Å². The van der Waals surface area contributed by atoms with E-state index in [9.17, 15) is 44.3 Å². The summed E-state index contributed by atoms with van der Waals surface area (Å²) >= 11 is 0. The Morgan fingerprint density at radius 1 is 0.667 bits per heavy atom. The van der Waals surface area contributed by atoms with Crippen LogP contribution >= 0.6 is 0 Å². The first-order valence-electron chi connectivity index (χ1n) is 8.47.